The van der Waals surface area contributed by atoms with Gasteiger partial charge in [0.2, 0.25) is 5.91 Å². The Labute approximate surface area is 144 Å². The van der Waals surface area contributed by atoms with E-state index in [2.05, 4.69) is 6.92 Å². The zero-order valence-corrected chi connectivity index (χ0v) is 15.5. The van der Waals surface area contributed by atoms with E-state index in [0.29, 0.717) is 19.6 Å². The molecular weight excluding hydrogens is 326 g/mol. The molecule has 0 aliphatic carbocycles. The van der Waals surface area contributed by atoms with Gasteiger partial charge in [-0.15, -0.1) is 0 Å². The molecule has 1 aromatic rings. The maximum absolute atomic E-state index is 12.6. The summed E-state index contributed by atoms with van der Waals surface area (Å²) >= 11 is 0. The lowest BCUT2D eigenvalue weighted by molar-refractivity contribution is -0.137. The summed E-state index contributed by atoms with van der Waals surface area (Å²) in [5.74, 6) is 0.904. The number of benzene rings is 1. The fourth-order valence-corrected chi connectivity index (χ4v) is 4.58. The molecule has 0 saturated carbocycles. The van der Waals surface area contributed by atoms with Crippen molar-refractivity contribution in [3.8, 4) is 5.75 Å². The van der Waals surface area contributed by atoms with E-state index in [4.69, 9.17) is 4.74 Å². The van der Waals surface area contributed by atoms with Crippen LogP contribution >= 0.6 is 0 Å². The number of carbonyl (C=O) groups excluding carboxylic acids is 1. The molecule has 1 aromatic carbocycles. The monoisotopic (exact) mass is 353 g/mol. The van der Waals surface area contributed by atoms with Crippen molar-refractivity contribution in [1.82, 2.24) is 4.90 Å². The first-order valence-corrected chi connectivity index (χ1v) is 10.4. The minimum atomic E-state index is -3.02. The summed E-state index contributed by atoms with van der Waals surface area (Å²) in [4.78, 5) is 14.3. The van der Waals surface area contributed by atoms with Gasteiger partial charge in [-0.25, -0.2) is 8.42 Å². The average Bonchev–Trinajstić information content (AvgIpc) is 2.90. The van der Waals surface area contributed by atoms with Gasteiger partial charge < -0.3 is 9.64 Å². The molecule has 1 aliphatic heterocycles. The predicted octanol–water partition coefficient (Wildman–Crippen LogP) is 2.65. The normalized spacial score (nSPS) is 19.4. The molecule has 0 aromatic heterocycles. The fourth-order valence-electron chi connectivity index (χ4n) is 2.85. The molecule has 1 saturated heterocycles. The third-order valence-corrected chi connectivity index (χ3v) is 5.93. The number of rotatable bonds is 7. The highest BCUT2D eigenvalue weighted by atomic mass is 32.2. The van der Waals surface area contributed by atoms with Crippen LogP contribution in [0.25, 0.3) is 0 Å². The highest BCUT2D eigenvalue weighted by Gasteiger charge is 2.35. The number of hydrogen-bond donors (Lipinski definition) is 0. The first-order valence-electron chi connectivity index (χ1n) is 8.55. The van der Waals surface area contributed by atoms with Crippen molar-refractivity contribution >= 4 is 15.7 Å². The molecule has 2 rings (SSSR count). The summed E-state index contributed by atoms with van der Waals surface area (Å²) in [6.07, 6.45) is 1.48. The minimum absolute atomic E-state index is 0.00316. The maximum atomic E-state index is 12.6. The number of ether oxygens (including phenoxy) is 1. The van der Waals surface area contributed by atoms with Crippen LogP contribution in [0.4, 0.5) is 0 Å². The summed E-state index contributed by atoms with van der Waals surface area (Å²) in [5, 5.41) is 0. The van der Waals surface area contributed by atoms with E-state index in [0.717, 1.165) is 17.7 Å². The Morgan fingerprint density at radius 2 is 1.96 bits per heavy atom. The molecule has 1 atom stereocenters. The van der Waals surface area contributed by atoms with Gasteiger partial charge in [-0.05, 0) is 30.5 Å². The summed E-state index contributed by atoms with van der Waals surface area (Å²) in [7, 11) is -3.02. The molecule has 0 N–H and O–H groups in total. The molecule has 1 amide bonds. The van der Waals surface area contributed by atoms with Gasteiger partial charge in [0, 0.05) is 18.5 Å². The third-order valence-electron chi connectivity index (χ3n) is 4.18. The molecule has 0 radical (unpaired) electrons. The van der Waals surface area contributed by atoms with Crippen LogP contribution in [0, 0.1) is 5.92 Å². The zero-order valence-electron chi connectivity index (χ0n) is 14.7. The Morgan fingerprint density at radius 3 is 2.46 bits per heavy atom. The number of hydrogen-bond acceptors (Lipinski definition) is 4. The maximum Gasteiger partial charge on any atom is 0.225 e. The predicted molar refractivity (Wildman–Crippen MR) is 94.7 cm³/mol. The van der Waals surface area contributed by atoms with E-state index < -0.39 is 9.84 Å². The molecule has 6 heteroatoms. The Balaban J connectivity index is 2.12. The van der Waals surface area contributed by atoms with E-state index in [1.54, 1.807) is 4.90 Å². The third kappa shape index (κ3) is 4.97. The van der Waals surface area contributed by atoms with E-state index in [9.17, 15) is 13.2 Å². The zero-order chi connectivity index (χ0) is 17.7. The molecular formula is C18H27NO4S. The number of nitrogens with zero attached hydrogens (tertiary/aromatic N) is 1. The summed E-state index contributed by atoms with van der Waals surface area (Å²) in [5.41, 5.74) is 0.983. The van der Waals surface area contributed by atoms with Crippen molar-refractivity contribution in [3.05, 3.63) is 29.8 Å². The van der Waals surface area contributed by atoms with Crippen molar-refractivity contribution in [1.29, 1.82) is 0 Å². The Morgan fingerprint density at radius 1 is 1.29 bits per heavy atom. The van der Waals surface area contributed by atoms with Gasteiger partial charge in [-0.1, -0.05) is 32.9 Å². The topological polar surface area (TPSA) is 63.7 Å². The minimum Gasteiger partial charge on any atom is -0.494 e. The molecule has 0 bridgehead atoms. The van der Waals surface area contributed by atoms with Crippen molar-refractivity contribution in [2.45, 2.75) is 46.2 Å². The number of sulfone groups is 1. The van der Waals surface area contributed by atoms with Crippen LogP contribution in [0.3, 0.4) is 0 Å². The van der Waals surface area contributed by atoms with E-state index in [-0.39, 0.29) is 29.4 Å². The molecule has 5 nitrogen and oxygen atoms in total. The lowest BCUT2D eigenvalue weighted by Gasteiger charge is -2.30. The molecule has 24 heavy (non-hydrogen) atoms. The van der Waals surface area contributed by atoms with Crippen molar-refractivity contribution in [2.24, 2.45) is 5.92 Å². The van der Waals surface area contributed by atoms with Crippen LogP contribution in [0.5, 0.6) is 5.75 Å². The Hall–Kier alpha value is -1.56. The van der Waals surface area contributed by atoms with Crippen molar-refractivity contribution in [2.75, 3.05) is 18.1 Å². The van der Waals surface area contributed by atoms with Gasteiger partial charge in [0.05, 0.1) is 18.1 Å². The fraction of sp³-hybridized carbons (Fsp3) is 0.611. The summed E-state index contributed by atoms with van der Waals surface area (Å²) in [6.45, 7) is 6.86. The lowest BCUT2D eigenvalue weighted by atomic mass is 10.1. The van der Waals surface area contributed by atoms with Gasteiger partial charge in [-0.3, -0.25) is 4.79 Å². The van der Waals surface area contributed by atoms with Gasteiger partial charge in [0.1, 0.15) is 5.75 Å². The SMILES string of the molecule is CCCOc1ccc(CN(C(=O)C(C)C)C2CCS(=O)(=O)C2)cc1. The smallest absolute Gasteiger partial charge is 0.225 e. The number of carbonyl (C=O) groups is 1. The van der Waals surface area contributed by atoms with Crippen LogP contribution in [0.1, 0.15) is 39.2 Å². The lowest BCUT2D eigenvalue weighted by Crippen LogP contribution is -2.42. The Bertz CT molecular complexity index is 652. The summed E-state index contributed by atoms with van der Waals surface area (Å²) in [6, 6.07) is 7.45. The van der Waals surface area contributed by atoms with Crippen molar-refractivity contribution < 1.29 is 17.9 Å². The average molecular weight is 353 g/mol. The van der Waals surface area contributed by atoms with Crippen LogP contribution in [-0.4, -0.2) is 43.4 Å². The quantitative estimate of drug-likeness (QED) is 0.756. The van der Waals surface area contributed by atoms with Gasteiger partial charge in [0.25, 0.3) is 0 Å². The standard InChI is InChI=1S/C18H27NO4S/c1-4-10-23-17-7-5-15(6-8-17)12-19(18(20)14(2)3)16-9-11-24(21,22)13-16/h5-8,14,16H,4,9-13H2,1-3H3. The van der Waals surface area contributed by atoms with Crippen LogP contribution in [0.15, 0.2) is 24.3 Å². The largest absolute Gasteiger partial charge is 0.494 e. The second-order valence-electron chi connectivity index (χ2n) is 6.67. The highest BCUT2D eigenvalue weighted by Crippen LogP contribution is 2.23. The molecule has 0 spiro atoms. The van der Waals surface area contributed by atoms with Gasteiger partial charge in [-0.2, -0.15) is 0 Å². The van der Waals surface area contributed by atoms with E-state index >= 15 is 0 Å². The molecule has 1 fully saturated rings. The molecule has 1 aliphatic rings. The van der Waals surface area contributed by atoms with E-state index in [1.807, 2.05) is 38.1 Å². The van der Waals surface area contributed by atoms with Crippen LogP contribution < -0.4 is 4.74 Å². The van der Waals surface area contributed by atoms with Crippen LogP contribution in [-0.2, 0) is 21.2 Å². The van der Waals surface area contributed by atoms with Gasteiger partial charge in [0.15, 0.2) is 9.84 Å². The first kappa shape index (κ1) is 18.8. The second kappa shape index (κ2) is 8.01. The Kier molecular flexibility index (Phi) is 6.27. The number of amides is 1. The summed E-state index contributed by atoms with van der Waals surface area (Å²) < 4.78 is 29.1. The molecule has 1 unspecified atom stereocenters. The highest BCUT2D eigenvalue weighted by molar-refractivity contribution is 7.91. The molecule has 134 valence electrons. The first-order chi connectivity index (χ1) is 11.3. The van der Waals surface area contributed by atoms with Crippen LogP contribution in [0.2, 0.25) is 0 Å². The van der Waals surface area contributed by atoms with Crippen molar-refractivity contribution in [3.63, 3.8) is 0 Å². The van der Waals surface area contributed by atoms with Gasteiger partial charge >= 0.3 is 0 Å². The molecule has 1 heterocycles. The van der Waals surface area contributed by atoms with E-state index in [1.165, 1.54) is 0 Å². The second-order valence-corrected chi connectivity index (χ2v) is 8.90.